The molecule has 0 aliphatic heterocycles. The van der Waals surface area contributed by atoms with E-state index in [0.717, 1.165) is 11.1 Å². The van der Waals surface area contributed by atoms with Crippen molar-refractivity contribution in [3.63, 3.8) is 0 Å². The molecule has 2 aromatic rings. The molecule has 0 aliphatic carbocycles. The second kappa shape index (κ2) is 11.2. The van der Waals surface area contributed by atoms with Gasteiger partial charge in [-0.3, -0.25) is 4.79 Å². The molecule has 0 saturated carbocycles. The van der Waals surface area contributed by atoms with E-state index >= 15 is 0 Å². The van der Waals surface area contributed by atoms with Gasteiger partial charge in [0.1, 0.15) is 29.4 Å². The van der Waals surface area contributed by atoms with E-state index in [4.69, 9.17) is 18.9 Å². The number of rotatable bonds is 9. The van der Waals surface area contributed by atoms with E-state index in [1.165, 1.54) is 0 Å². The summed E-state index contributed by atoms with van der Waals surface area (Å²) in [6, 6.07) is 12.8. The zero-order valence-corrected chi connectivity index (χ0v) is 16.0. The fourth-order valence-corrected chi connectivity index (χ4v) is 3.11. The molecule has 0 aromatic heterocycles. The summed E-state index contributed by atoms with van der Waals surface area (Å²) in [4.78, 5) is 12.7. The second-order valence-electron chi connectivity index (χ2n) is 4.86. The van der Waals surface area contributed by atoms with Gasteiger partial charge in [-0.1, -0.05) is 18.2 Å². The van der Waals surface area contributed by atoms with Gasteiger partial charge < -0.3 is 20.4 Å². The van der Waals surface area contributed by atoms with Crippen molar-refractivity contribution in [3.05, 3.63) is 48.0 Å². The van der Waals surface area contributed by atoms with Gasteiger partial charge in [-0.25, -0.2) is 0 Å². The maximum atomic E-state index is 12.7. The van der Waals surface area contributed by atoms with Crippen LogP contribution >= 0.6 is 8.58 Å². The van der Waals surface area contributed by atoms with Crippen molar-refractivity contribution in [1.82, 2.24) is 0 Å². The summed E-state index contributed by atoms with van der Waals surface area (Å²) < 4.78 is 21.0. The molecule has 0 radical (unpaired) electrons. The molecule has 5 nitrogen and oxygen atoms in total. The molecule has 0 saturated heterocycles. The Morgan fingerprint density at radius 2 is 1.56 bits per heavy atom. The van der Waals surface area contributed by atoms with Gasteiger partial charge in [0.05, 0.1) is 20.8 Å². The molecular weight excluding hydrogens is 334 g/mol. The minimum atomic E-state index is -0.0302. The molecule has 25 heavy (non-hydrogen) atoms. The minimum Gasteiger partial charge on any atom is -1.00 e. The number of benzene rings is 2. The molecule has 7 heteroatoms. The van der Waals surface area contributed by atoms with Crippen LogP contribution in [0.25, 0.3) is 0 Å². The van der Waals surface area contributed by atoms with Crippen LogP contribution in [0.15, 0.2) is 42.5 Å². The van der Waals surface area contributed by atoms with Gasteiger partial charge in [-0.15, -0.1) is 0 Å². The third-order valence-corrected chi connectivity index (χ3v) is 4.42. The van der Waals surface area contributed by atoms with E-state index in [9.17, 15) is 4.79 Å². The summed E-state index contributed by atoms with van der Waals surface area (Å²) in [5.74, 6) is 1.79. The van der Waals surface area contributed by atoms with E-state index in [1.807, 2.05) is 24.3 Å². The maximum absolute atomic E-state index is 12.7. The molecule has 0 spiro atoms. The molecule has 130 valence electrons. The van der Waals surface area contributed by atoms with Crippen LogP contribution in [0.3, 0.4) is 0 Å². The largest absolute Gasteiger partial charge is 1.00 e. The van der Waals surface area contributed by atoms with Gasteiger partial charge in [0, 0.05) is 7.11 Å². The Morgan fingerprint density at radius 1 is 0.960 bits per heavy atom. The summed E-state index contributed by atoms with van der Waals surface area (Å²) in [5.41, 5.74) is 0.443. The summed E-state index contributed by atoms with van der Waals surface area (Å²) in [6.45, 7) is 1.03. The number of hydrogen-bond acceptors (Lipinski definition) is 5. The van der Waals surface area contributed by atoms with Crippen LogP contribution in [0.4, 0.5) is 0 Å². The van der Waals surface area contributed by atoms with Crippen molar-refractivity contribution in [1.29, 1.82) is 0 Å². The third kappa shape index (κ3) is 6.06. The van der Waals surface area contributed by atoms with Crippen LogP contribution in [-0.2, 0) is 4.74 Å². The van der Waals surface area contributed by atoms with Crippen molar-refractivity contribution >= 4 is 19.4 Å². The first-order valence-corrected chi connectivity index (χ1v) is 8.43. The molecule has 1 unspecified atom stereocenters. The van der Waals surface area contributed by atoms with E-state index in [0.29, 0.717) is 30.3 Å². The van der Waals surface area contributed by atoms with Crippen LogP contribution in [0.1, 0.15) is 11.8 Å². The van der Waals surface area contributed by atoms with Crippen molar-refractivity contribution in [2.24, 2.45) is 0 Å². The number of hydrogen-bond donors (Lipinski definition) is 0. The topological polar surface area (TPSA) is 54.0 Å². The number of carbonyl (C=O) groups is 1. The van der Waals surface area contributed by atoms with Gasteiger partial charge in [0.15, 0.2) is 5.52 Å². The third-order valence-electron chi connectivity index (χ3n) is 3.32. The van der Waals surface area contributed by atoms with Crippen molar-refractivity contribution in [2.45, 2.75) is 0 Å². The smallest absolute Gasteiger partial charge is 1.00 e. The van der Waals surface area contributed by atoms with Gasteiger partial charge in [0.2, 0.25) is 0 Å². The van der Waals surface area contributed by atoms with E-state index in [1.54, 1.807) is 39.5 Å². The average Bonchev–Trinajstić information content (AvgIpc) is 2.62. The summed E-state index contributed by atoms with van der Waals surface area (Å²) >= 11 is 0. The molecule has 0 heterocycles. The normalized spacial score (nSPS) is 10.4. The van der Waals surface area contributed by atoms with Gasteiger partial charge in [-0.05, 0) is 38.2 Å². The molecule has 0 amide bonds. The van der Waals surface area contributed by atoms with Crippen LogP contribution in [0.5, 0.6) is 17.2 Å². The molecule has 2 rings (SSSR count). The Labute approximate surface area is 163 Å². The summed E-state index contributed by atoms with van der Waals surface area (Å²) in [5, 5.41) is 0.923. The van der Waals surface area contributed by atoms with Crippen LogP contribution in [0, 0.1) is 0 Å². The van der Waals surface area contributed by atoms with Crippen molar-refractivity contribution in [3.8, 4) is 17.2 Å². The first-order chi connectivity index (χ1) is 11.7. The van der Waals surface area contributed by atoms with E-state index < -0.39 is 0 Å². The molecule has 0 N–H and O–H groups in total. The maximum Gasteiger partial charge on any atom is 1.00 e. The zero-order valence-electron chi connectivity index (χ0n) is 16.0. The summed E-state index contributed by atoms with van der Waals surface area (Å²) in [6.07, 6.45) is 0. The Hall–Kier alpha value is -1.50. The fraction of sp³-hybridized carbons (Fsp3) is 0.278. The Balaban J connectivity index is 0.00000312. The first-order valence-electron chi connectivity index (χ1n) is 7.43. The van der Waals surface area contributed by atoms with E-state index in [2.05, 4.69) is 0 Å². The Kier molecular flexibility index (Phi) is 9.63. The Bertz CT molecular complexity index is 660. The number of methoxy groups -OCH3 is 3. The molecule has 2 aromatic carbocycles. The van der Waals surface area contributed by atoms with Crippen LogP contribution in [0.2, 0.25) is 0 Å². The van der Waals surface area contributed by atoms with E-state index in [-0.39, 0.29) is 34.4 Å². The molecule has 0 bridgehead atoms. The predicted octanol–water partition coefficient (Wildman–Crippen LogP) is -0.0103. The van der Waals surface area contributed by atoms with Crippen molar-refractivity contribution in [2.75, 3.05) is 34.5 Å². The summed E-state index contributed by atoms with van der Waals surface area (Å²) in [7, 11) is 4.69. The average molecular weight is 356 g/mol. The monoisotopic (exact) mass is 356 g/mol. The molecule has 1 atom stereocenters. The van der Waals surface area contributed by atoms with Crippen LogP contribution < -0.4 is 38.4 Å². The number of carbonyl (C=O) groups excluding carboxylic acids is 1. The quantitative estimate of drug-likeness (QED) is 0.359. The minimum absolute atomic E-state index is 0. The van der Waals surface area contributed by atoms with Crippen LogP contribution in [-0.4, -0.2) is 40.1 Å². The standard InChI is InChI=1S/C18H21O5P.Li.H/c1-20-11-12-23-13-7-9-14(10-8-13)24-18(19)17-15(21-2)5-4-6-16(17)22-3;;/h4-10,24H,11-12H2,1-3H3;;/q;+1;-1. The van der Waals surface area contributed by atoms with Gasteiger partial charge in [-0.2, -0.15) is 0 Å². The van der Waals surface area contributed by atoms with Gasteiger partial charge in [0.25, 0.3) is 0 Å². The van der Waals surface area contributed by atoms with Crippen molar-refractivity contribution < 1.29 is 44.0 Å². The zero-order chi connectivity index (χ0) is 17.4. The molecule has 0 aliphatic rings. The van der Waals surface area contributed by atoms with Gasteiger partial charge >= 0.3 is 18.9 Å². The SMILES string of the molecule is COCCOc1ccc(PC(=O)c2c(OC)cccc2OC)cc1.[H-].[Li+]. The molecular formula is C18H22LiO5P. The number of ether oxygens (including phenoxy) is 4. The Morgan fingerprint density at radius 3 is 2.08 bits per heavy atom. The second-order valence-corrected chi connectivity index (χ2v) is 6.14. The predicted molar refractivity (Wildman–Crippen MR) is 96.8 cm³/mol. The molecule has 0 fully saturated rings. The fourth-order valence-electron chi connectivity index (χ4n) is 2.15. The first kappa shape index (κ1) is 21.5.